The molecule has 1 fully saturated rings. The lowest BCUT2D eigenvalue weighted by molar-refractivity contribution is -0.133. The summed E-state index contributed by atoms with van der Waals surface area (Å²) in [7, 11) is 0. The molecule has 1 saturated heterocycles. The van der Waals surface area contributed by atoms with Crippen molar-refractivity contribution >= 4 is 5.91 Å². The maximum atomic E-state index is 12.2. The second kappa shape index (κ2) is 5.88. The van der Waals surface area contributed by atoms with Crippen LogP contribution in [0.15, 0.2) is 60.7 Å². The number of rotatable bonds is 3. The van der Waals surface area contributed by atoms with Crippen LogP contribution in [0, 0.1) is 0 Å². The van der Waals surface area contributed by atoms with E-state index in [0.717, 1.165) is 24.2 Å². The van der Waals surface area contributed by atoms with E-state index >= 15 is 0 Å². The first-order chi connectivity index (χ1) is 9.86. The molecule has 3 rings (SSSR count). The fourth-order valence-electron chi connectivity index (χ4n) is 2.72. The van der Waals surface area contributed by atoms with E-state index in [2.05, 4.69) is 29.6 Å². The highest BCUT2D eigenvalue weighted by atomic mass is 16.2. The van der Waals surface area contributed by atoms with Crippen molar-refractivity contribution in [2.45, 2.75) is 6.04 Å². The molecule has 1 amide bonds. The van der Waals surface area contributed by atoms with Crippen LogP contribution in [0.5, 0.6) is 0 Å². The molecule has 0 radical (unpaired) electrons. The van der Waals surface area contributed by atoms with Crippen molar-refractivity contribution < 1.29 is 4.79 Å². The minimum atomic E-state index is 0.00648. The van der Waals surface area contributed by atoms with Crippen LogP contribution in [-0.4, -0.2) is 30.4 Å². The van der Waals surface area contributed by atoms with Gasteiger partial charge in [-0.3, -0.25) is 4.79 Å². The zero-order valence-electron chi connectivity index (χ0n) is 11.3. The van der Waals surface area contributed by atoms with E-state index in [9.17, 15) is 4.79 Å². The Labute approximate surface area is 119 Å². The van der Waals surface area contributed by atoms with E-state index in [0.29, 0.717) is 6.54 Å². The topological polar surface area (TPSA) is 32.3 Å². The predicted octanol–water partition coefficient (Wildman–Crippen LogP) is 2.21. The lowest BCUT2D eigenvalue weighted by Gasteiger charge is -2.35. The van der Waals surface area contributed by atoms with Crippen molar-refractivity contribution in [3.8, 4) is 0 Å². The molecule has 3 heteroatoms. The fourth-order valence-corrected chi connectivity index (χ4v) is 2.72. The smallest absolute Gasteiger partial charge is 0.237 e. The van der Waals surface area contributed by atoms with Crippen LogP contribution < -0.4 is 5.32 Å². The largest absolute Gasteiger partial charge is 0.329 e. The Hall–Kier alpha value is -2.13. The van der Waals surface area contributed by atoms with Crippen molar-refractivity contribution in [3.63, 3.8) is 0 Å². The van der Waals surface area contributed by atoms with Crippen molar-refractivity contribution in [1.82, 2.24) is 10.2 Å². The number of piperazine rings is 1. The summed E-state index contributed by atoms with van der Waals surface area (Å²) in [5.41, 5.74) is 2.32. The molecule has 0 atom stereocenters. The Morgan fingerprint density at radius 3 is 1.95 bits per heavy atom. The van der Waals surface area contributed by atoms with E-state index in [1.807, 2.05) is 41.3 Å². The Morgan fingerprint density at radius 1 is 0.900 bits per heavy atom. The van der Waals surface area contributed by atoms with Gasteiger partial charge in [-0.15, -0.1) is 0 Å². The second-order valence-corrected chi connectivity index (χ2v) is 4.99. The molecule has 1 heterocycles. The number of benzene rings is 2. The van der Waals surface area contributed by atoms with Gasteiger partial charge in [0.25, 0.3) is 0 Å². The van der Waals surface area contributed by atoms with Gasteiger partial charge in [0.05, 0.1) is 12.6 Å². The number of nitrogens with zero attached hydrogens (tertiary/aromatic N) is 1. The summed E-state index contributed by atoms with van der Waals surface area (Å²) >= 11 is 0. The lowest BCUT2D eigenvalue weighted by Crippen LogP contribution is -2.49. The average molecular weight is 266 g/mol. The normalized spacial score (nSPS) is 15.7. The van der Waals surface area contributed by atoms with Gasteiger partial charge in [0.1, 0.15) is 0 Å². The minimum absolute atomic E-state index is 0.00648. The van der Waals surface area contributed by atoms with Crippen LogP contribution in [0.1, 0.15) is 17.2 Å². The van der Waals surface area contributed by atoms with Crippen LogP contribution in [0.25, 0.3) is 0 Å². The van der Waals surface area contributed by atoms with Gasteiger partial charge in [0.15, 0.2) is 0 Å². The maximum Gasteiger partial charge on any atom is 0.237 e. The molecule has 20 heavy (non-hydrogen) atoms. The summed E-state index contributed by atoms with van der Waals surface area (Å²) < 4.78 is 0. The monoisotopic (exact) mass is 266 g/mol. The van der Waals surface area contributed by atoms with Gasteiger partial charge in [0.2, 0.25) is 5.91 Å². The van der Waals surface area contributed by atoms with Crippen molar-refractivity contribution in [3.05, 3.63) is 71.8 Å². The fraction of sp³-hybridized carbons (Fsp3) is 0.235. The number of carbonyl (C=O) groups excluding carboxylic acids is 1. The first-order valence-electron chi connectivity index (χ1n) is 6.96. The van der Waals surface area contributed by atoms with Gasteiger partial charge >= 0.3 is 0 Å². The molecule has 102 valence electrons. The number of carbonyl (C=O) groups is 1. The zero-order chi connectivity index (χ0) is 13.8. The summed E-state index contributed by atoms with van der Waals surface area (Å²) in [6.07, 6.45) is 0. The number of hydrogen-bond acceptors (Lipinski definition) is 2. The van der Waals surface area contributed by atoms with Crippen LogP contribution in [0.2, 0.25) is 0 Å². The molecule has 3 nitrogen and oxygen atoms in total. The Morgan fingerprint density at radius 2 is 1.45 bits per heavy atom. The maximum absolute atomic E-state index is 12.2. The third kappa shape index (κ3) is 2.58. The van der Waals surface area contributed by atoms with Crippen molar-refractivity contribution in [2.75, 3.05) is 19.6 Å². The quantitative estimate of drug-likeness (QED) is 0.923. The number of amides is 1. The molecule has 2 aromatic carbocycles. The molecular formula is C17H18N2O. The number of nitrogens with one attached hydrogen (secondary N) is 1. The molecule has 0 aliphatic carbocycles. The molecule has 0 aromatic heterocycles. The molecule has 1 aliphatic heterocycles. The van der Waals surface area contributed by atoms with Crippen LogP contribution in [0.3, 0.4) is 0 Å². The first-order valence-corrected chi connectivity index (χ1v) is 6.96. The molecule has 2 aromatic rings. The highest BCUT2D eigenvalue weighted by Crippen LogP contribution is 2.28. The van der Waals surface area contributed by atoms with Gasteiger partial charge in [-0.05, 0) is 11.1 Å². The second-order valence-electron chi connectivity index (χ2n) is 4.99. The summed E-state index contributed by atoms with van der Waals surface area (Å²) in [5.74, 6) is 0.161. The molecule has 0 spiro atoms. The Kier molecular flexibility index (Phi) is 3.79. The average Bonchev–Trinajstić information content (AvgIpc) is 2.52. The summed E-state index contributed by atoms with van der Waals surface area (Å²) in [6, 6.07) is 20.5. The van der Waals surface area contributed by atoms with E-state index < -0.39 is 0 Å². The Bertz CT molecular complexity index is 529. The first kappa shape index (κ1) is 12.9. The summed E-state index contributed by atoms with van der Waals surface area (Å²) in [5, 5.41) is 3.13. The SMILES string of the molecule is O=C1CNCCN1C(c1ccccc1)c1ccccc1. The molecule has 0 bridgehead atoms. The van der Waals surface area contributed by atoms with Crippen molar-refractivity contribution in [2.24, 2.45) is 0 Å². The van der Waals surface area contributed by atoms with E-state index in [-0.39, 0.29) is 11.9 Å². The standard InChI is InChI=1S/C17H18N2O/c20-16-13-18-11-12-19(16)17(14-7-3-1-4-8-14)15-9-5-2-6-10-15/h1-10,17-18H,11-13H2. The van der Waals surface area contributed by atoms with E-state index in [1.54, 1.807) is 0 Å². The lowest BCUT2D eigenvalue weighted by atomic mass is 9.96. The van der Waals surface area contributed by atoms with Crippen LogP contribution >= 0.6 is 0 Å². The van der Waals surface area contributed by atoms with Gasteiger partial charge < -0.3 is 10.2 Å². The molecule has 1 aliphatic rings. The third-order valence-corrected chi connectivity index (χ3v) is 3.67. The van der Waals surface area contributed by atoms with Gasteiger partial charge in [-0.1, -0.05) is 60.7 Å². The summed E-state index contributed by atoms with van der Waals surface area (Å²) in [4.78, 5) is 14.2. The summed E-state index contributed by atoms with van der Waals surface area (Å²) in [6.45, 7) is 2.02. The number of hydrogen-bond donors (Lipinski definition) is 1. The molecule has 0 saturated carbocycles. The van der Waals surface area contributed by atoms with E-state index in [1.165, 1.54) is 0 Å². The van der Waals surface area contributed by atoms with Gasteiger partial charge in [-0.25, -0.2) is 0 Å². The molecule has 0 unspecified atom stereocenters. The Balaban J connectivity index is 2.02. The van der Waals surface area contributed by atoms with E-state index in [4.69, 9.17) is 0 Å². The minimum Gasteiger partial charge on any atom is -0.329 e. The highest BCUT2D eigenvalue weighted by Gasteiger charge is 2.28. The van der Waals surface area contributed by atoms with Crippen LogP contribution in [-0.2, 0) is 4.79 Å². The van der Waals surface area contributed by atoms with Crippen molar-refractivity contribution in [1.29, 1.82) is 0 Å². The van der Waals surface area contributed by atoms with Gasteiger partial charge in [0, 0.05) is 13.1 Å². The van der Waals surface area contributed by atoms with Crippen LogP contribution in [0.4, 0.5) is 0 Å². The van der Waals surface area contributed by atoms with Gasteiger partial charge in [-0.2, -0.15) is 0 Å². The third-order valence-electron chi connectivity index (χ3n) is 3.67. The zero-order valence-corrected chi connectivity index (χ0v) is 11.3. The molecular weight excluding hydrogens is 248 g/mol. The predicted molar refractivity (Wildman–Crippen MR) is 79.3 cm³/mol. The molecule has 1 N–H and O–H groups in total. The highest BCUT2D eigenvalue weighted by molar-refractivity contribution is 5.80.